The summed E-state index contributed by atoms with van der Waals surface area (Å²) < 4.78 is 27.7. The van der Waals surface area contributed by atoms with Gasteiger partial charge in [0.1, 0.15) is 29.0 Å². The molecule has 3 aliphatic carbocycles. The molecule has 3 aliphatic heterocycles. The third kappa shape index (κ3) is 9.35. The standard InChI is InChI=1S/C57H73N5O8/c1-33(2)25-56(3,66)29-59-31-60-30-57(68-32-62-38-9-7-6-8-10-38)26-45-42-24-44-50(35-11-16-46-34(21-35)19-20-61-46)37(27-58-4)22-43-47(64)18-15-40(51(43)44)52(42)54-41(14-13-39(28-63)69-54)53(45)70-55(57)36-12-17-48(65)49(23-36)67-5/h11-12,15-19,21-23,33,38-39,44,50,55,58-60,62-66H,6-10,13-14,20,24-32H2,1-5H3. The van der Waals surface area contributed by atoms with E-state index in [2.05, 4.69) is 71.5 Å². The van der Waals surface area contributed by atoms with E-state index in [0.717, 1.165) is 79.4 Å². The number of aromatic hydroxyl groups is 2. The summed E-state index contributed by atoms with van der Waals surface area (Å²) in [5.41, 5.74) is 8.43. The van der Waals surface area contributed by atoms with E-state index in [-0.39, 0.29) is 29.9 Å². The van der Waals surface area contributed by atoms with Crippen molar-refractivity contribution in [1.29, 1.82) is 0 Å². The number of hydrogen-bond acceptors (Lipinski definition) is 13. The molecule has 0 radical (unpaired) electrons. The van der Waals surface area contributed by atoms with Crippen LogP contribution in [0.4, 0.5) is 0 Å². The van der Waals surface area contributed by atoms with Gasteiger partial charge in [-0.25, -0.2) is 0 Å². The largest absolute Gasteiger partial charge is 0.507 e. The van der Waals surface area contributed by atoms with Gasteiger partial charge in [-0.05, 0) is 139 Å². The van der Waals surface area contributed by atoms with Gasteiger partial charge in [-0.15, -0.1) is 0 Å². The second-order valence-electron chi connectivity index (χ2n) is 21.4. The van der Waals surface area contributed by atoms with Crippen LogP contribution in [0, 0.1) is 5.92 Å². The first kappa shape index (κ1) is 48.6. The van der Waals surface area contributed by atoms with Crippen LogP contribution >= 0.6 is 0 Å². The molecule has 70 heavy (non-hydrogen) atoms. The molecular formula is C57H73N5O8. The fourth-order valence-electron chi connectivity index (χ4n) is 12.8. The fraction of sp³-hybridized carbons (Fsp3) is 0.526. The number of nitrogens with zero attached hydrogens (tertiary/aromatic N) is 1. The first-order valence-corrected chi connectivity index (χ1v) is 25.8. The highest BCUT2D eigenvalue weighted by Crippen LogP contribution is 2.61. The summed E-state index contributed by atoms with van der Waals surface area (Å²) in [6, 6.07) is 16.3. The van der Waals surface area contributed by atoms with Gasteiger partial charge in [0, 0.05) is 66.9 Å². The molecule has 0 bridgehead atoms. The maximum absolute atomic E-state index is 11.7. The molecule has 0 aromatic heterocycles. The van der Waals surface area contributed by atoms with Crippen molar-refractivity contribution >= 4 is 12.2 Å². The molecule has 8 N–H and O–H groups in total. The van der Waals surface area contributed by atoms with Crippen LogP contribution in [0.3, 0.4) is 0 Å². The number of likely N-dealkylation sites (N-methyl/N-ethyl adjacent to an activating group) is 1. The van der Waals surface area contributed by atoms with Crippen LogP contribution in [0.25, 0.3) is 23.3 Å². The molecule has 13 nitrogen and oxygen atoms in total. The summed E-state index contributed by atoms with van der Waals surface area (Å²) in [7, 11) is 3.53. The molecule has 1 saturated carbocycles. The number of methoxy groups -OCH3 is 1. The van der Waals surface area contributed by atoms with E-state index >= 15 is 0 Å². The molecule has 0 saturated heterocycles. The van der Waals surface area contributed by atoms with Crippen molar-refractivity contribution in [2.75, 3.05) is 60.3 Å². The van der Waals surface area contributed by atoms with Gasteiger partial charge in [-0.3, -0.25) is 10.3 Å². The Labute approximate surface area is 412 Å². The van der Waals surface area contributed by atoms with Crippen molar-refractivity contribution in [1.82, 2.24) is 21.3 Å². The van der Waals surface area contributed by atoms with Crippen LogP contribution in [0.5, 0.6) is 28.7 Å². The van der Waals surface area contributed by atoms with Gasteiger partial charge in [0.05, 0.1) is 38.0 Å². The molecular weight excluding hydrogens is 883 g/mol. The second-order valence-corrected chi connectivity index (χ2v) is 21.4. The Balaban J connectivity index is 1.15. The first-order valence-electron chi connectivity index (χ1n) is 25.8. The minimum absolute atomic E-state index is 0.0196. The van der Waals surface area contributed by atoms with Gasteiger partial charge >= 0.3 is 0 Å². The van der Waals surface area contributed by atoms with Crippen molar-refractivity contribution in [2.45, 2.75) is 126 Å². The Morgan fingerprint density at radius 3 is 2.53 bits per heavy atom. The van der Waals surface area contributed by atoms with Crippen LogP contribution in [0.1, 0.15) is 123 Å². The zero-order valence-electron chi connectivity index (χ0n) is 41.6. The van der Waals surface area contributed by atoms with Crippen molar-refractivity contribution < 1.29 is 39.4 Å². The van der Waals surface area contributed by atoms with E-state index in [1.54, 1.807) is 13.2 Å². The highest BCUT2D eigenvalue weighted by atomic mass is 16.6. The summed E-state index contributed by atoms with van der Waals surface area (Å²) >= 11 is 0. The van der Waals surface area contributed by atoms with E-state index < -0.39 is 23.4 Å². The van der Waals surface area contributed by atoms with E-state index in [1.807, 2.05) is 32.2 Å². The number of phenolic OH excluding ortho intramolecular Hbond substituents is 2. The van der Waals surface area contributed by atoms with Crippen LogP contribution in [-0.2, 0) is 24.0 Å². The molecule has 13 heteroatoms. The summed E-state index contributed by atoms with van der Waals surface area (Å²) in [5, 5.41) is 61.2. The minimum Gasteiger partial charge on any atom is -0.507 e. The van der Waals surface area contributed by atoms with Crippen LogP contribution in [0.2, 0.25) is 0 Å². The minimum atomic E-state index is -1.01. The van der Waals surface area contributed by atoms with Gasteiger partial charge in [-0.1, -0.05) is 57.4 Å². The number of phenols is 2. The number of hydrogen-bond donors (Lipinski definition) is 8. The monoisotopic (exact) mass is 956 g/mol. The quantitative estimate of drug-likeness (QED) is 0.0422. The average Bonchev–Trinajstić information content (AvgIpc) is 3.83. The molecule has 4 aromatic carbocycles. The van der Waals surface area contributed by atoms with E-state index in [1.165, 1.54) is 30.4 Å². The van der Waals surface area contributed by atoms with Gasteiger partial charge in [0.15, 0.2) is 17.6 Å². The summed E-state index contributed by atoms with van der Waals surface area (Å²) in [6.07, 6.45) is 12.2. The molecule has 3 heterocycles. The number of aliphatic hydroxyl groups is 2. The number of fused-ring (bicyclic) bond motifs is 8. The molecule has 0 amide bonds. The molecule has 6 aliphatic rings. The molecule has 1 fully saturated rings. The van der Waals surface area contributed by atoms with Crippen molar-refractivity contribution in [3.8, 4) is 39.9 Å². The zero-order valence-corrected chi connectivity index (χ0v) is 41.6. The van der Waals surface area contributed by atoms with Gasteiger partial charge in [0.2, 0.25) is 0 Å². The number of nitrogens with one attached hydrogen (secondary N) is 4. The lowest BCUT2D eigenvalue weighted by Gasteiger charge is -2.48. The smallest absolute Gasteiger partial charge is 0.160 e. The number of benzene rings is 4. The SMILES string of the molecule is CNCC1=Cc2c(O)ccc3c2C(Cc2c4c(c5c(c2-3)OC(CO)CC5)OC(c2ccc(O)c(OC)c2)C(CNCNCC(C)(O)CC(C)C)(OCNC2CCCCC2)C4)C1c1ccc2c(c1)=CCN=2. The molecule has 374 valence electrons. The predicted molar refractivity (Wildman–Crippen MR) is 272 cm³/mol. The molecule has 0 spiro atoms. The molecule has 6 unspecified atom stereocenters. The third-order valence-electron chi connectivity index (χ3n) is 15.8. The van der Waals surface area contributed by atoms with Crippen molar-refractivity contribution in [2.24, 2.45) is 10.9 Å². The van der Waals surface area contributed by atoms with E-state index in [0.29, 0.717) is 89.4 Å². The lowest BCUT2D eigenvalue weighted by molar-refractivity contribution is -0.132. The Morgan fingerprint density at radius 1 is 0.929 bits per heavy atom. The van der Waals surface area contributed by atoms with E-state index in [4.69, 9.17) is 23.9 Å². The van der Waals surface area contributed by atoms with Crippen LogP contribution in [0.15, 0.2) is 59.1 Å². The van der Waals surface area contributed by atoms with Gasteiger partial charge in [0.25, 0.3) is 0 Å². The Bertz CT molecular complexity index is 2750. The second kappa shape index (κ2) is 20.3. The number of aliphatic hydroxyl groups excluding tert-OH is 1. The average molecular weight is 956 g/mol. The van der Waals surface area contributed by atoms with Gasteiger partial charge in [-0.2, -0.15) is 0 Å². The fourth-order valence-corrected chi connectivity index (χ4v) is 12.8. The highest BCUT2D eigenvalue weighted by Gasteiger charge is 2.51. The van der Waals surface area contributed by atoms with Crippen LogP contribution < -0.4 is 46.1 Å². The lowest BCUT2D eigenvalue weighted by Crippen LogP contribution is -2.56. The maximum atomic E-state index is 11.7. The van der Waals surface area contributed by atoms with Crippen molar-refractivity contribution in [3.05, 3.63) is 104 Å². The van der Waals surface area contributed by atoms with Crippen LogP contribution in [-0.4, -0.2) is 104 Å². The van der Waals surface area contributed by atoms with E-state index in [9.17, 15) is 20.4 Å². The summed E-state index contributed by atoms with van der Waals surface area (Å²) in [6.45, 7) is 8.85. The third-order valence-corrected chi connectivity index (χ3v) is 15.8. The Hall–Kier alpha value is -4.99. The molecule has 6 atom stereocenters. The summed E-state index contributed by atoms with van der Waals surface area (Å²) in [5.74, 6) is 2.40. The van der Waals surface area contributed by atoms with Gasteiger partial charge < -0.3 is 55.3 Å². The topological polar surface area (TPSA) is 178 Å². The Morgan fingerprint density at radius 2 is 1.74 bits per heavy atom. The first-order chi connectivity index (χ1) is 33.9. The Kier molecular flexibility index (Phi) is 14.1. The summed E-state index contributed by atoms with van der Waals surface area (Å²) in [4.78, 5) is 4.72. The zero-order chi connectivity index (χ0) is 48.7. The molecule has 10 rings (SSSR count). The van der Waals surface area contributed by atoms with Crippen molar-refractivity contribution in [3.63, 3.8) is 0 Å². The normalized spacial score (nSPS) is 24.1. The predicted octanol–water partition coefficient (Wildman–Crippen LogP) is 6.16. The number of ether oxygens (including phenoxy) is 4. The molecule has 4 aromatic rings. The lowest BCUT2D eigenvalue weighted by atomic mass is 9.62. The number of rotatable bonds is 18. The maximum Gasteiger partial charge on any atom is 0.160 e. The highest BCUT2D eigenvalue weighted by molar-refractivity contribution is 5.89.